The Balaban J connectivity index is 0. The summed E-state index contributed by atoms with van der Waals surface area (Å²) < 4.78 is 0. The number of aliphatic carboxylic acids is 1. The van der Waals surface area contributed by atoms with E-state index in [4.69, 9.17) is 5.11 Å². The minimum atomic E-state index is -1.18. The molecule has 0 aliphatic carbocycles. The van der Waals surface area contributed by atoms with Crippen molar-refractivity contribution in [1.82, 2.24) is 10.2 Å². The van der Waals surface area contributed by atoms with Gasteiger partial charge in [-0.1, -0.05) is 70.4 Å². The van der Waals surface area contributed by atoms with Gasteiger partial charge in [0.2, 0.25) is 5.91 Å². The molecule has 0 aromatic carbocycles. The van der Waals surface area contributed by atoms with Crippen molar-refractivity contribution in [3.63, 3.8) is 0 Å². The van der Waals surface area contributed by atoms with E-state index in [2.05, 4.69) is 24.4 Å². The van der Waals surface area contributed by atoms with Gasteiger partial charge < -0.3 is 20.3 Å². The summed E-state index contributed by atoms with van der Waals surface area (Å²) in [6.07, 6.45) is 21.2. The van der Waals surface area contributed by atoms with Crippen LogP contribution in [0.2, 0.25) is 0 Å². The summed E-state index contributed by atoms with van der Waals surface area (Å²) in [6, 6.07) is 0. The molecule has 0 spiro atoms. The van der Waals surface area contributed by atoms with Crippen molar-refractivity contribution in [2.24, 2.45) is 0 Å². The van der Waals surface area contributed by atoms with Crippen LogP contribution in [0.25, 0.3) is 0 Å². The Morgan fingerprint density at radius 1 is 0.871 bits per heavy atom. The summed E-state index contributed by atoms with van der Waals surface area (Å²) in [5.74, 6) is -1.17. The first-order chi connectivity index (χ1) is 14.6. The molecule has 0 aliphatic heterocycles. The number of carboxylic acid groups (broad SMARTS) is 1. The van der Waals surface area contributed by atoms with E-state index in [1.165, 1.54) is 57.8 Å². The molecule has 0 unspecified atom stereocenters. The van der Waals surface area contributed by atoms with Crippen LogP contribution in [0.3, 0.4) is 0 Å². The number of hydrogen-bond donors (Lipinski definition) is 2. The van der Waals surface area contributed by atoms with E-state index in [0.29, 0.717) is 19.5 Å². The van der Waals surface area contributed by atoms with Crippen molar-refractivity contribution in [3.8, 4) is 0 Å². The second-order valence-corrected chi connectivity index (χ2v) is 8.06. The minimum Gasteiger partial charge on any atom is -0.549 e. The Labute approximate surface area is 233 Å². The first-order valence-corrected chi connectivity index (χ1v) is 12.0. The molecule has 0 fully saturated rings. The summed E-state index contributed by atoms with van der Waals surface area (Å²) in [5.41, 5.74) is 0. The van der Waals surface area contributed by atoms with Gasteiger partial charge in [-0.05, 0) is 32.1 Å². The molecule has 0 aromatic rings. The summed E-state index contributed by atoms with van der Waals surface area (Å²) in [7, 11) is 0. The topological polar surface area (TPSA) is 92.7 Å². The standard InChI is InChI=1S/C24H46N2O4.K/c1-2-3-4-5-6-7-8-9-10-11-12-13-14-15-16-17-23(28)25-18-19-26(20-21-27)22-24(29)30;/h9-10,27H,2-8,11-22H2,1H3,(H,25,28)(H,29,30);/q;+1/p-1/b10-9-;. The first-order valence-electron chi connectivity index (χ1n) is 12.0. The predicted octanol–water partition coefficient (Wildman–Crippen LogP) is 0.188. The van der Waals surface area contributed by atoms with Gasteiger partial charge in [-0.25, -0.2) is 0 Å². The Kier molecular flexibility index (Phi) is 28.5. The number of carbonyl (C=O) groups is 2. The van der Waals surface area contributed by atoms with E-state index in [-0.39, 0.29) is 77.0 Å². The molecule has 0 atom stereocenters. The van der Waals surface area contributed by atoms with Crippen molar-refractivity contribution in [2.45, 2.75) is 96.8 Å². The smallest absolute Gasteiger partial charge is 0.549 e. The molecule has 0 rings (SSSR count). The van der Waals surface area contributed by atoms with Crippen LogP contribution in [0, 0.1) is 0 Å². The quantitative estimate of drug-likeness (QED) is 0.136. The van der Waals surface area contributed by atoms with Gasteiger partial charge in [0.05, 0.1) is 12.6 Å². The van der Waals surface area contributed by atoms with Crippen molar-refractivity contribution in [2.75, 3.05) is 32.8 Å². The molecule has 0 saturated heterocycles. The molecule has 0 saturated carbocycles. The van der Waals surface area contributed by atoms with E-state index < -0.39 is 5.97 Å². The number of amides is 1. The van der Waals surface area contributed by atoms with Crippen molar-refractivity contribution in [3.05, 3.63) is 12.2 Å². The maximum absolute atomic E-state index is 11.8. The van der Waals surface area contributed by atoms with E-state index in [1.54, 1.807) is 4.90 Å². The minimum absolute atomic E-state index is 0. The summed E-state index contributed by atoms with van der Waals surface area (Å²) >= 11 is 0. The summed E-state index contributed by atoms with van der Waals surface area (Å²) in [4.78, 5) is 24.0. The zero-order valence-electron chi connectivity index (χ0n) is 20.2. The predicted molar refractivity (Wildman–Crippen MR) is 121 cm³/mol. The van der Waals surface area contributed by atoms with Gasteiger partial charge in [0.1, 0.15) is 0 Å². The molecule has 1 amide bonds. The largest absolute Gasteiger partial charge is 1.00 e. The van der Waals surface area contributed by atoms with E-state index in [1.807, 2.05) is 0 Å². The van der Waals surface area contributed by atoms with E-state index in [0.717, 1.165) is 25.7 Å². The third-order valence-electron chi connectivity index (χ3n) is 5.18. The number of carboxylic acids is 1. The van der Waals surface area contributed by atoms with Gasteiger partial charge in [0, 0.05) is 32.6 Å². The van der Waals surface area contributed by atoms with Crippen LogP contribution in [0.1, 0.15) is 96.8 Å². The van der Waals surface area contributed by atoms with Gasteiger partial charge in [0.25, 0.3) is 0 Å². The maximum atomic E-state index is 11.8. The van der Waals surface area contributed by atoms with Gasteiger partial charge in [-0.15, -0.1) is 0 Å². The van der Waals surface area contributed by atoms with Crippen molar-refractivity contribution >= 4 is 11.9 Å². The normalized spacial score (nSPS) is 11.1. The average Bonchev–Trinajstić information content (AvgIpc) is 2.70. The molecule has 0 aromatic heterocycles. The number of carbonyl (C=O) groups excluding carboxylic acids is 2. The van der Waals surface area contributed by atoms with Crippen LogP contribution < -0.4 is 61.8 Å². The number of rotatable bonds is 22. The molecule has 6 nitrogen and oxygen atoms in total. The number of nitrogens with zero attached hydrogens (tertiary/aromatic N) is 1. The number of aliphatic hydroxyl groups is 1. The first kappa shape index (κ1) is 33.4. The van der Waals surface area contributed by atoms with Crippen LogP contribution in [0.5, 0.6) is 0 Å². The summed E-state index contributed by atoms with van der Waals surface area (Å²) in [6.45, 7) is 2.95. The fraction of sp³-hybridized carbons (Fsp3) is 0.833. The molecular weight excluding hydrogens is 419 g/mol. The fourth-order valence-electron chi connectivity index (χ4n) is 3.39. The monoisotopic (exact) mass is 464 g/mol. The molecule has 7 heteroatoms. The van der Waals surface area contributed by atoms with E-state index in [9.17, 15) is 14.7 Å². The zero-order chi connectivity index (χ0) is 22.3. The number of unbranched alkanes of at least 4 members (excludes halogenated alkanes) is 11. The number of nitrogens with one attached hydrogen (secondary N) is 1. The van der Waals surface area contributed by atoms with Crippen LogP contribution in [-0.2, 0) is 9.59 Å². The van der Waals surface area contributed by atoms with Gasteiger partial charge in [-0.3, -0.25) is 9.69 Å². The SMILES string of the molecule is CCCCCCCC/C=C\CCCCCCCC(=O)NCCN(CCO)CC(=O)[O-].[K+]. The molecule has 31 heavy (non-hydrogen) atoms. The second-order valence-electron chi connectivity index (χ2n) is 8.06. The van der Waals surface area contributed by atoms with Gasteiger partial charge >= 0.3 is 51.4 Å². The van der Waals surface area contributed by atoms with Crippen molar-refractivity contribution in [1.29, 1.82) is 0 Å². The Hall–Kier alpha value is 0.236. The van der Waals surface area contributed by atoms with Crippen LogP contribution in [-0.4, -0.2) is 54.7 Å². The Bertz CT molecular complexity index is 447. The average molecular weight is 465 g/mol. The Morgan fingerprint density at radius 2 is 1.42 bits per heavy atom. The third kappa shape index (κ3) is 26.4. The second kappa shape index (κ2) is 26.5. The maximum Gasteiger partial charge on any atom is 1.00 e. The number of aliphatic hydroxyl groups excluding tert-OH is 1. The molecule has 0 heterocycles. The van der Waals surface area contributed by atoms with Gasteiger partial charge in [-0.2, -0.15) is 0 Å². The van der Waals surface area contributed by atoms with Crippen LogP contribution in [0.15, 0.2) is 12.2 Å². The molecule has 0 bridgehead atoms. The number of hydrogen-bond acceptors (Lipinski definition) is 5. The Morgan fingerprint density at radius 3 is 1.97 bits per heavy atom. The van der Waals surface area contributed by atoms with Crippen LogP contribution >= 0.6 is 0 Å². The number of allylic oxidation sites excluding steroid dienone is 2. The molecule has 176 valence electrons. The van der Waals surface area contributed by atoms with Crippen LogP contribution in [0.4, 0.5) is 0 Å². The van der Waals surface area contributed by atoms with Gasteiger partial charge in [0.15, 0.2) is 0 Å². The molecular formula is C24H45KN2O4. The zero-order valence-corrected chi connectivity index (χ0v) is 23.3. The van der Waals surface area contributed by atoms with E-state index >= 15 is 0 Å². The summed E-state index contributed by atoms with van der Waals surface area (Å²) in [5, 5.41) is 22.3. The fourth-order valence-corrected chi connectivity index (χ4v) is 3.39. The molecule has 0 aliphatic rings. The van der Waals surface area contributed by atoms with Crippen molar-refractivity contribution < 1.29 is 71.2 Å². The third-order valence-corrected chi connectivity index (χ3v) is 5.18. The molecule has 0 radical (unpaired) electrons. The molecule has 2 N–H and O–H groups in total.